The van der Waals surface area contributed by atoms with Gasteiger partial charge in [-0.25, -0.2) is 0 Å². The summed E-state index contributed by atoms with van der Waals surface area (Å²) in [5, 5.41) is 3.42. The molecule has 1 aromatic carbocycles. The van der Waals surface area contributed by atoms with Gasteiger partial charge in [0.25, 0.3) is 11.8 Å². The monoisotopic (exact) mass is 479 g/mol. The van der Waals surface area contributed by atoms with E-state index >= 15 is 0 Å². The highest BCUT2D eigenvalue weighted by atomic mass is 32.1. The van der Waals surface area contributed by atoms with Crippen molar-refractivity contribution in [2.75, 3.05) is 27.2 Å². The average molecular weight is 480 g/mol. The molecule has 3 aromatic heterocycles. The first-order valence-electron chi connectivity index (χ1n) is 11.2. The van der Waals surface area contributed by atoms with Gasteiger partial charge in [-0.2, -0.15) is 0 Å². The molecule has 0 radical (unpaired) electrons. The molecule has 0 spiro atoms. The Bertz CT molecular complexity index is 1390. The highest BCUT2D eigenvalue weighted by Crippen LogP contribution is 2.37. The molecule has 34 heavy (non-hydrogen) atoms. The number of aromatic nitrogens is 1. The number of nitrogens with zero attached hydrogens (tertiary/aromatic N) is 2. The number of furan rings is 1. The SMILES string of the molecule is CCc1oc2cc(Oc3ccnc4cc(C(=O)N5CC[C@@H](OC)C5)sc34)ccc2c1C(=O)NC. The second kappa shape index (κ2) is 9.08. The second-order valence-electron chi connectivity index (χ2n) is 8.12. The molecule has 4 aromatic rings. The summed E-state index contributed by atoms with van der Waals surface area (Å²) in [5.41, 5.74) is 1.85. The van der Waals surface area contributed by atoms with Crippen LogP contribution in [0.3, 0.4) is 0 Å². The van der Waals surface area contributed by atoms with E-state index in [1.54, 1.807) is 32.5 Å². The molecule has 0 aliphatic carbocycles. The summed E-state index contributed by atoms with van der Waals surface area (Å²) in [4.78, 5) is 32.2. The number of methoxy groups -OCH3 is 1. The van der Waals surface area contributed by atoms with E-state index in [0.29, 0.717) is 58.3 Å². The molecular weight excluding hydrogens is 454 g/mol. The van der Waals surface area contributed by atoms with Crippen LogP contribution < -0.4 is 10.1 Å². The summed E-state index contributed by atoms with van der Waals surface area (Å²) in [5.74, 6) is 1.63. The van der Waals surface area contributed by atoms with Gasteiger partial charge in [0, 0.05) is 57.4 Å². The lowest BCUT2D eigenvalue weighted by Gasteiger charge is -2.14. The number of nitrogens with one attached hydrogen (secondary N) is 1. The summed E-state index contributed by atoms with van der Waals surface area (Å²) in [6.45, 7) is 3.23. The smallest absolute Gasteiger partial charge is 0.264 e. The van der Waals surface area contributed by atoms with Crippen molar-refractivity contribution in [1.29, 1.82) is 0 Å². The number of thiophene rings is 1. The minimum atomic E-state index is -0.175. The number of fused-ring (bicyclic) bond motifs is 2. The molecule has 1 saturated heterocycles. The molecule has 1 aliphatic rings. The summed E-state index contributed by atoms with van der Waals surface area (Å²) in [6, 6.07) is 9.02. The van der Waals surface area contributed by atoms with Gasteiger partial charge in [-0.1, -0.05) is 6.92 Å². The number of rotatable bonds is 6. The molecule has 4 heterocycles. The van der Waals surface area contributed by atoms with Gasteiger partial charge >= 0.3 is 0 Å². The number of likely N-dealkylation sites (tertiary alicyclic amines) is 1. The van der Waals surface area contributed by atoms with Crippen molar-refractivity contribution in [1.82, 2.24) is 15.2 Å². The number of pyridine rings is 1. The van der Waals surface area contributed by atoms with Crippen molar-refractivity contribution in [3.8, 4) is 11.5 Å². The topological polar surface area (TPSA) is 93.9 Å². The fourth-order valence-corrected chi connectivity index (χ4v) is 5.34. The number of hydrogen-bond acceptors (Lipinski definition) is 7. The molecular formula is C25H25N3O5S. The molecule has 1 aliphatic heterocycles. The van der Waals surface area contributed by atoms with Crippen LogP contribution in [-0.2, 0) is 11.2 Å². The van der Waals surface area contributed by atoms with Crippen LogP contribution in [0.2, 0.25) is 0 Å². The average Bonchev–Trinajstić information content (AvgIpc) is 3.59. The van der Waals surface area contributed by atoms with Gasteiger partial charge in [0.05, 0.1) is 26.8 Å². The normalized spacial score (nSPS) is 15.9. The van der Waals surface area contributed by atoms with E-state index in [9.17, 15) is 9.59 Å². The van der Waals surface area contributed by atoms with E-state index in [2.05, 4.69) is 10.3 Å². The van der Waals surface area contributed by atoms with Crippen LogP contribution in [0.25, 0.3) is 21.2 Å². The summed E-state index contributed by atoms with van der Waals surface area (Å²) < 4.78 is 18.3. The molecule has 9 heteroatoms. The van der Waals surface area contributed by atoms with Gasteiger partial charge in [-0.3, -0.25) is 14.6 Å². The van der Waals surface area contributed by atoms with Crippen LogP contribution in [0.4, 0.5) is 0 Å². The molecule has 0 unspecified atom stereocenters. The Balaban J connectivity index is 1.45. The number of amides is 2. The number of ether oxygens (including phenoxy) is 2. The Morgan fingerprint density at radius 1 is 1.29 bits per heavy atom. The van der Waals surface area contributed by atoms with Crippen LogP contribution in [0.15, 0.2) is 40.9 Å². The lowest BCUT2D eigenvalue weighted by Crippen LogP contribution is -2.29. The van der Waals surface area contributed by atoms with Crippen molar-refractivity contribution in [2.24, 2.45) is 0 Å². The van der Waals surface area contributed by atoms with Crippen molar-refractivity contribution in [2.45, 2.75) is 25.9 Å². The fourth-order valence-electron chi connectivity index (χ4n) is 4.30. The van der Waals surface area contributed by atoms with Gasteiger partial charge in [0.15, 0.2) is 0 Å². The minimum absolute atomic E-state index is 0.0145. The number of carbonyl (C=O) groups is 2. The van der Waals surface area contributed by atoms with E-state index < -0.39 is 0 Å². The van der Waals surface area contributed by atoms with E-state index in [1.165, 1.54) is 11.3 Å². The summed E-state index contributed by atoms with van der Waals surface area (Å²) in [7, 11) is 3.28. The molecule has 1 atom stereocenters. The highest BCUT2D eigenvalue weighted by Gasteiger charge is 2.28. The highest BCUT2D eigenvalue weighted by molar-refractivity contribution is 7.21. The zero-order chi connectivity index (χ0) is 23.8. The maximum absolute atomic E-state index is 13.0. The Morgan fingerprint density at radius 2 is 2.15 bits per heavy atom. The maximum atomic E-state index is 13.0. The zero-order valence-corrected chi connectivity index (χ0v) is 20.0. The van der Waals surface area contributed by atoms with Crippen LogP contribution in [0, 0.1) is 0 Å². The van der Waals surface area contributed by atoms with E-state index in [4.69, 9.17) is 13.9 Å². The quantitative estimate of drug-likeness (QED) is 0.434. The molecule has 1 N–H and O–H groups in total. The van der Waals surface area contributed by atoms with Gasteiger partial charge < -0.3 is 24.1 Å². The first-order valence-corrected chi connectivity index (χ1v) is 12.0. The number of hydrogen-bond donors (Lipinski definition) is 1. The molecule has 2 amide bonds. The van der Waals surface area contributed by atoms with Crippen molar-refractivity contribution < 1.29 is 23.5 Å². The van der Waals surface area contributed by atoms with E-state index in [1.807, 2.05) is 30.0 Å². The first kappa shape index (κ1) is 22.4. The van der Waals surface area contributed by atoms with Crippen LogP contribution >= 0.6 is 11.3 Å². The third-order valence-corrected chi connectivity index (χ3v) is 7.22. The number of aryl methyl sites for hydroxylation is 1. The molecule has 5 rings (SSSR count). The first-order chi connectivity index (χ1) is 16.5. The van der Waals surface area contributed by atoms with E-state index in [-0.39, 0.29) is 17.9 Å². The van der Waals surface area contributed by atoms with Crippen LogP contribution in [-0.4, -0.2) is 55.0 Å². The number of carbonyl (C=O) groups excluding carboxylic acids is 2. The van der Waals surface area contributed by atoms with Crippen LogP contribution in [0.1, 0.15) is 39.1 Å². The summed E-state index contributed by atoms with van der Waals surface area (Å²) >= 11 is 1.37. The van der Waals surface area contributed by atoms with Crippen molar-refractivity contribution in [3.05, 3.63) is 52.7 Å². The molecule has 0 bridgehead atoms. The van der Waals surface area contributed by atoms with Gasteiger partial charge in [-0.05, 0) is 24.6 Å². The lowest BCUT2D eigenvalue weighted by molar-refractivity contribution is 0.0728. The standard InChI is InChI=1S/C25H25N3O5S/c1-4-18-22(24(29)26-2)16-6-5-14(11-20(16)33-18)32-19-7-9-27-17-12-21(34-23(17)19)25(30)28-10-8-15(13-28)31-3/h5-7,9,11-12,15H,4,8,10,13H2,1-3H3,(H,26,29)/t15-/m1/s1. The summed E-state index contributed by atoms with van der Waals surface area (Å²) in [6.07, 6.45) is 3.20. The predicted octanol–water partition coefficient (Wildman–Crippen LogP) is 4.62. The van der Waals surface area contributed by atoms with Crippen molar-refractivity contribution in [3.63, 3.8) is 0 Å². The third-order valence-electron chi connectivity index (χ3n) is 6.09. The van der Waals surface area contributed by atoms with Crippen LogP contribution in [0.5, 0.6) is 11.5 Å². The molecule has 176 valence electrons. The Labute approximate surface area is 200 Å². The van der Waals surface area contributed by atoms with Gasteiger partial charge in [0.2, 0.25) is 0 Å². The predicted molar refractivity (Wildman–Crippen MR) is 130 cm³/mol. The van der Waals surface area contributed by atoms with Gasteiger partial charge in [0.1, 0.15) is 22.8 Å². The Hall–Kier alpha value is -3.43. The maximum Gasteiger partial charge on any atom is 0.264 e. The molecule has 1 fully saturated rings. The van der Waals surface area contributed by atoms with E-state index in [0.717, 1.165) is 16.5 Å². The number of benzene rings is 1. The Kier molecular flexibility index (Phi) is 5.97. The Morgan fingerprint density at radius 3 is 2.88 bits per heavy atom. The third kappa shape index (κ3) is 3.91. The second-order valence-corrected chi connectivity index (χ2v) is 9.18. The minimum Gasteiger partial charge on any atom is -0.460 e. The van der Waals surface area contributed by atoms with Crippen molar-refractivity contribution >= 4 is 44.3 Å². The lowest BCUT2D eigenvalue weighted by atomic mass is 10.1. The largest absolute Gasteiger partial charge is 0.460 e. The molecule has 0 saturated carbocycles. The zero-order valence-electron chi connectivity index (χ0n) is 19.2. The van der Waals surface area contributed by atoms with Gasteiger partial charge in [-0.15, -0.1) is 11.3 Å². The molecule has 8 nitrogen and oxygen atoms in total. The fraction of sp³-hybridized carbons (Fsp3) is 0.320.